The van der Waals surface area contributed by atoms with E-state index in [1.165, 1.54) is 11.3 Å². The number of aromatic nitrogens is 4. The van der Waals surface area contributed by atoms with Crippen LogP contribution in [0.25, 0.3) is 37.4 Å². The van der Waals surface area contributed by atoms with Crippen LogP contribution in [0.1, 0.15) is 0 Å². The van der Waals surface area contributed by atoms with Gasteiger partial charge in [-0.3, -0.25) is 9.36 Å². The van der Waals surface area contributed by atoms with Crippen molar-refractivity contribution in [2.24, 2.45) is 0 Å². The average molecular weight is 452 g/mol. The fourth-order valence-electron chi connectivity index (χ4n) is 3.36. The molecule has 5 aromatic rings. The van der Waals surface area contributed by atoms with Gasteiger partial charge in [-0.25, -0.2) is 9.97 Å². The number of thiophene rings is 1. The lowest BCUT2D eigenvalue weighted by Crippen LogP contribution is -2.17. The molecular formula is C22H18ClN5O2S. The second kappa shape index (κ2) is 8.14. The molecule has 0 radical (unpaired) electrons. The van der Waals surface area contributed by atoms with Crippen LogP contribution in [0, 0.1) is 0 Å². The number of ether oxygens (including phenoxy) is 1. The first-order valence-corrected chi connectivity index (χ1v) is 10.8. The number of benzene rings is 2. The molecule has 156 valence electrons. The third-order valence-electron chi connectivity index (χ3n) is 4.91. The van der Waals surface area contributed by atoms with Gasteiger partial charge in [0.25, 0.3) is 5.56 Å². The number of hydrogen-bond donors (Lipinski definition) is 2. The van der Waals surface area contributed by atoms with Crippen molar-refractivity contribution in [2.45, 2.75) is 0 Å². The molecule has 7 nitrogen and oxygen atoms in total. The first-order chi connectivity index (χ1) is 15.1. The van der Waals surface area contributed by atoms with Crippen molar-refractivity contribution in [3.63, 3.8) is 0 Å². The number of imidazole rings is 1. The Labute approximate surface area is 186 Å². The van der Waals surface area contributed by atoms with Crippen LogP contribution in [0.5, 0.6) is 0 Å². The van der Waals surface area contributed by atoms with Crippen LogP contribution >= 0.6 is 22.9 Å². The number of H-pyrrole nitrogens is 1. The van der Waals surface area contributed by atoms with E-state index in [1.807, 2.05) is 48.5 Å². The van der Waals surface area contributed by atoms with Crippen molar-refractivity contribution in [1.82, 2.24) is 19.5 Å². The zero-order chi connectivity index (χ0) is 21.4. The second-order valence-electron chi connectivity index (χ2n) is 6.96. The van der Waals surface area contributed by atoms with Crippen LogP contribution in [0.15, 0.2) is 59.7 Å². The number of anilines is 1. The maximum atomic E-state index is 13.2. The molecule has 0 unspecified atom stereocenters. The summed E-state index contributed by atoms with van der Waals surface area (Å²) in [4.78, 5) is 26.4. The van der Waals surface area contributed by atoms with E-state index in [9.17, 15) is 4.79 Å². The minimum absolute atomic E-state index is 0.104. The van der Waals surface area contributed by atoms with Gasteiger partial charge in [0.15, 0.2) is 0 Å². The van der Waals surface area contributed by atoms with Gasteiger partial charge >= 0.3 is 0 Å². The molecule has 0 fully saturated rings. The number of hydrogen-bond acceptors (Lipinski definition) is 6. The molecule has 0 atom stereocenters. The van der Waals surface area contributed by atoms with Crippen molar-refractivity contribution in [3.05, 3.63) is 70.2 Å². The Kier molecular flexibility index (Phi) is 5.19. The summed E-state index contributed by atoms with van der Waals surface area (Å²) >= 11 is 7.42. The molecule has 0 saturated carbocycles. The van der Waals surface area contributed by atoms with Gasteiger partial charge in [0, 0.05) is 23.6 Å². The van der Waals surface area contributed by atoms with E-state index in [-0.39, 0.29) is 5.56 Å². The molecule has 0 saturated heterocycles. The molecule has 9 heteroatoms. The SMILES string of the molecule is COCCNc1nc2ccc(-n3cnc4cc(-c5ccc(Cl)cc5)sc4c3=O)cc2[nH]1. The lowest BCUT2D eigenvalue weighted by atomic mass is 10.2. The molecule has 0 spiro atoms. The molecule has 5 rings (SSSR count). The second-order valence-corrected chi connectivity index (χ2v) is 8.45. The number of methoxy groups -OCH3 is 1. The van der Waals surface area contributed by atoms with Gasteiger partial charge in [-0.05, 0) is 42.0 Å². The molecule has 0 aliphatic rings. The molecule has 0 aliphatic heterocycles. The minimum atomic E-state index is -0.104. The molecule has 2 aromatic carbocycles. The van der Waals surface area contributed by atoms with Gasteiger partial charge in [0.05, 0.1) is 28.8 Å². The Bertz CT molecular complexity index is 1440. The van der Waals surface area contributed by atoms with Crippen LogP contribution in [0.3, 0.4) is 0 Å². The number of aromatic amines is 1. The first kappa shape index (κ1) is 19.7. The van der Waals surface area contributed by atoms with Crippen LogP contribution in [0.2, 0.25) is 5.02 Å². The topological polar surface area (TPSA) is 84.8 Å². The van der Waals surface area contributed by atoms with Crippen LogP contribution in [0.4, 0.5) is 5.95 Å². The lowest BCUT2D eigenvalue weighted by molar-refractivity contribution is 0.210. The van der Waals surface area contributed by atoms with Crippen molar-refractivity contribution in [1.29, 1.82) is 0 Å². The molecule has 0 aliphatic carbocycles. The van der Waals surface area contributed by atoms with Crippen LogP contribution in [-0.4, -0.2) is 39.8 Å². The molecule has 3 heterocycles. The number of halogens is 1. The molecule has 3 aromatic heterocycles. The van der Waals surface area contributed by atoms with Gasteiger partial charge < -0.3 is 15.0 Å². The van der Waals surface area contributed by atoms with E-state index in [0.717, 1.165) is 27.2 Å². The fraction of sp³-hybridized carbons (Fsp3) is 0.136. The summed E-state index contributed by atoms with van der Waals surface area (Å²) in [7, 11) is 1.65. The number of fused-ring (bicyclic) bond motifs is 2. The highest BCUT2D eigenvalue weighted by molar-refractivity contribution is 7.22. The predicted molar refractivity (Wildman–Crippen MR) is 126 cm³/mol. The monoisotopic (exact) mass is 451 g/mol. The molecule has 0 bridgehead atoms. The van der Waals surface area contributed by atoms with Gasteiger partial charge in [-0.15, -0.1) is 11.3 Å². The maximum absolute atomic E-state index is 13.2. The fourth-order valence-corrected chi connectivity index (χ4v) is 4.53. The van der Waals surface area contributed by atoms with Crippen molar-refractivity contribution in [2.75, 3.05) is 25.6 Å². The zero-order valence-electron chi connectivity index (χ0n) is 16.6. The number of rotatable bonds is 6. The summed E-state index contributed by atoms with van der Waals surface area (Å²) in [6, 6.07) is 15.1. The number of nitrogens with one attached hydrogen (secondary N) is 2. The zero-order valence-corrected chi connectivity index (χ0v) is 18.1. The largest absolute Gasteiger partial charge is 0.383 e. The maximum Gasteiger partial charge on any atom is 0.275 e. The van der Waals surface area contributed by atoms with Gasteiger partial charge in [-0.1, -0.05) is 23.7 Å². The van der Waals surface area contributed by atoms with E-state index < -0.39 is 0 Å². The van der Waals surface area contributed by atoms with Gasteiger partial charge in [0.2, 0.25) is 5.95 Å². The molecule has 0 amide bonds. The Morgan fingerprint density at radius 1 is 1.16 bits per heavy atom. The quantitative estimate of drug-likeness (QED) is 0.365. The third-order valence-corrected chi connectivity index (χ3v) is 6.32. The highest BCUT2D eigenvalue weighted by Gasteiger charge is 2.12. The highest BCUT2D eigenvalue weighted by Crippen LogP contribution is 2.31. The minimum Gasteiger partial charge on any atom is -0.383 e. The molecule has 2 N–H and O–H groups in total. The predicted octanol–water partition coefficient (Wildman–Crippen LogP) is 4.70. The standard InChI is InChI=1S/C22H18ClN5O2S/c1-30-9-8-24-22-26-16-7-6-15(10-17(16)27-22)28-12-25-18-11-19(31-20(18)21(28)29)13-2-4-14(23)5-3-13/h2-7,10-12H,8-9H2,1H3,(H2,24,26,27). The molecular weight excluding hydrogens is 434 g/mol. The summed E-state index contributed by atoms with van der Waals surface area (Å²) in [6.45, 7) is 1.24. The summed E-state index contributed by atoms with van der Waals surface area (Å²) in [5.74, 6) is 0.663. The van der Waals surface area contributed by atoms with Crippen LogP contribution < -0.4 is 10.9 Å². The van der Waals surface area contributed by atoms with Crippen molar-refractivity contribution >= 4 is 50.1 Å². The van der Waals surface area contributed by atoms with E-state index in [0.29, 0.717) is 34.3 Å². The lowest BCUT2D eigenvalue weighted by Gasteiger charge is -2.04. The highest BCUT2D eigenvalue weighted by atomic mass is 35.5. The summed E-state index contributed by atoms with van der Waals surface area (Å²) < 4.78 is 7.21. The Balaban J connectivity index is 1.52. The van der Waals surface area contributed by atoms with E-state index in [1.54, 1.807) is 18.0 Å². The Morgan fingerprint density at radius 2 is 2.00 bits per heavy atom. The van der Waals surface area contributed by atoms with E-state index >= 15 is 0 Å². The van der Waals surface area contributed by atoms with Crippen molar-refractivity contribution in [3.8, 4) is 16.1 Å². The molecule has 31 heavy (non-hydrogen) atoms. The smallest absolute Gasteiger partial charge is 0.275 e. The van der Waals surface area contributed by atoms with E-state index in [4.69, 9.17) is 16.3 Å². The third kappa shape index (κ3) is 3.81. The summed E-state index contributed by atoms with van der Waals surface area (Å²) in [5.41, 5.74) is 3.95. The van der Waals surface area contributed by atoms with Gasteiger partial charge in [0.1, 0.15) is 11.0 Å². The summed E-state index contributed by atoms with van der Waals surface area (Å²) in [6.07, 6.45) is 1.57. The van der Waals surface area contributed by atoms with E-state index in [2.05, 4.69) is 20.3 Å². The van der Waals surface area contributed by atoms with Gasteiger partial charge in [-0.2, -0.15) is 0 Å². The average Bonchev–Trinajstić information content (AvgIpc) is 3.38. The van der Waals surface area contributed by atoms with Crippen molar-refractivity contribution < 1.29 is 4.74 Å². The Morgan fingerprint density at radius 3 is 2.81 bits per heavy atom. The normalized spacial score (nSPS) is 11.4. The number of nitrogens with zero attached hydrogens (tertiary/aromatic N) is 3. The van der Waals surface area contributed by atoms with Crippen LogP contribution in [-0.2, 0) is 4.74 Å². The first-order valence-electron chi connectivity index (χ1n) is 9.62. The Hall–Kier alpha value is -3.20. The summed E-state index contributed by atoms with van der Waals surface area (Å²) in [5, 5.41) is 3.85.